The topological polar surface area (TPSA) is 102 Å². The molecule has 3 atom stereocenters. The first-order valence-electron chi connectivity index (χ1n) is 6.20. The number of nitrogens with one attached hydrogen (secondary N) is 1. The molecular weight excluding hydrogens is 236 g/mol. The van der Waals surface area contributed by atoms with Crippen LogP contribution in [0.2, 0.25) is 0 Å². The summed E-state index contributed by atoms with van der Waals surface area (Å²) in [6, 6.07) is -0.986. The van der Waals surface area contributed by atoms with Gasteiger partial charge in [-0.05, 0) is 26.2 Å². The Morgan fingerprint density at radius 3 is 2.83 bits per heavy atom. The van der Waals surface area contributed by atoms with E-state index in [1.54, 1.807) is 14.0 Å². The maximum absolute atomic E-state index is 11.8. The largest absolute Gasteiger partial charge is 0.481 e. The van der Waals surface area contributed by atoms with Crippen LogP contribution in [0.3, 0.4) is 0 Å². The number of aliphatic carboxylic acids is 1. The lowest BCUT2D eigenvalue weighted by atomic mass is 9.85. The van der Waals surface area contributed by atoms with E-state index in [0.29, 0.717) is 25.9 Å². The third-order valence-electron chi connectivity index (χ3n) is 3.73. The molecule has 104 valence electrons. The minimum Gasteiger partial charge on any atom is -0.481 e. The Kier molecular flexibility index (Phi) is 5.10. The maximum Gasteiger partial charge on any atom is 0.311 e. The lowest BCUT2D eigenvalue weighted by Gasteiger charge is -2.28. The Labute approximate surface area is 107 Å². The lowest BCUT2D eigenvalue weighted by molar-refractivity contribution is -0.149. The summed E-state index contributed by atoms with van der Waals surface area (Å²) in [5.74, 6) is -1.16. The molecule has 3 unspecified atom stereocenters. The number of nitrogens with two attached hydrogens (primary N) is 1. The number of carbonyl (C=O) groups excluding carboxylic acids is 1. The fourth-order valence-corrected chi connectivity index (χ4v) is 2.31. The minimum absolute atomic E-state index is 0.300. The van der Waals surface area contributed by atoms with Gasteiger partial charge in [0.05, 0.1) is 11.5 Å². The molecule has 1 aliphatic rings. The summed E-state index contributed by atoms with van der Waals surface area (Å²) in [7, 11) is 1.54. The monoisotopic (exact) mass is 258 g/mol. The first-order valence-corrected chi connectivity index (χ1v) is 6.20. The fourth-order valence-electron chi connectivity index (χ4n) is 2.31. The van der Waals surface area contributed by atoms with Crippen molar-refractivity contribution in [2.75, 3.05) is 13.7 Å². The summed E-state index contributed by atoms with van der Waals surface area (Å²) in [6.45, 7) is 2.09. The number of carboxylic acid groups (broad SMARTS) is 1. The Hall–Kier alpha value is -1.14. The van der Waals surface area contributed by atoms with E-state index < -0.39 is 17.4 Å². The second-order valence-corrected chi connectivity index (χ2v) is 5.06. The summed E-state index contributed by atoms with van der Waals surface area (Å²) in [5.41, 5.74) is 4.83. The summed E-state index contributed by atoms with van der Waals surface area (Å²) < 4.78 is 4.86. The van der Waals surface area contributed by atoms with E-state index in [1.165, 1.54) is 0 Å². The fraction of sp³-hybridized carbons (Fsp3) is 0.833. The molecule has 0 aliphatic heterocycles. The van der Waals surface area contributed by atoms with Crippen LogP contribution in [-0.4, -0.2) is 42.8 Å². The van der Waals surface area contributed by atoms with Gasteiger partial charge in [0.2, 0.25) is 5.91 Å². The Balaban J connectivity index is 2.56. The van der Waals surface area contributed by atoms with Crippen molar-refractivity contribution in [2.45, 2.75) is 44.7 Å². The van der Waals surface area contributed by atoms with E-state index in [0.717, 1.165) is 6.42 Å². The molecule has 0 aromatic carbocycles. The average Bonchev–Trinajstić information content (AvgIpc) is 2.69. The lowest BCUT2D eigenvalue weighted by Crippen LogP contribution is -2.51. The Morgan fingerprint density at radius 1 is 1.61 bits per heavy atom. The smallest absolute Gasteiger partial charge is 0.311 e. The number of ether oxygens (including phenoxy) is 1. The summed E-state index contributed by atoms with van der Waals surface area (Å²) in [5, 5.41) is 12.0. The van der Waals surface area contributed by atoms with E-state index >= 15 is 0 Å². The van der Waals surface area contributed by atoms with Crippen LogP contribution in [-0.2, 0) is 14.3 Å². The zero-order chi connectivity index (χ0) is 13.8. The van der Waals surface area contributed by atoms with Crippen molar-refractivity contribution in [2.24, 2.45) is 11.1 Å². The van der Waals surface area contributed by atoms with Crippen molar-refractivity contribution in [1.82, 2.24) is 5.32 Å². The highest BCUT2D eigenvalue weighted by atomic mass is 16.5. The van der Waals surface area contributed by atoms with Crippen LogP contribution in [0.15, 0.2) is 0 Å². The molecule has 1 saturated carbocycles. The zero-order valence-electron chi connectivity index (χ0n) is 10.9. The molecule has 1 rings (SSSR count). The van der Waals surface area contributed by atoms with Crippen LogP contribution in [0, 0.1) is 5.41 Å². The second-order valence-electron chi connectivity index (χ2n) is 5.06. The summed E-state index contributed by atoms with van der Waals surface area (Å²) in [4.78, 5) is 23.1. The highest BCUT2D eigenvalue weighted by Gasteiger charge is 2.46. The van der Waals surface area contributed by atoms with Gasteiger partial charge in [-0.15, -0.1) is 0 Å². The first kappa shape index (κ1) is 14.9. The molecule has 0 heterocycles. The second kappa shape index (κ2) is 6.15. The van der Waals surface area contributed by atoms with E-state index in [1.807, 2.05) is 0 Å². The summed E-state index contributed by atoms with van der Waals surface area (Å²) in [6.07, 6.45) is 2.51. The van der Waals surface area contributed by atoms with Gasteiger partial charge in [-0.2, -0.15) is 0 Å². The van der Waals surface area contributed by atoms with Gasteiger partial charge in [-0.3, -0.25) is 9.59 Å². The van der Waals surface area contributed by atoms with Crippen molar-refractivity contribution in [3.63, 3.8) is 0 Å². The molecule has 1 amide bonds. The number of carboxylic acids is 1. The Morgan fingerprint density at radius 2 is 2.28 bits per heavy atom. The predicted octanol–water partition coefficient (Wildman–Crippen LogP) is 0.110. The van der Waals surface area contributed by atoms with Gasteiger partial charge < -0.3 is 20.9 Å². The highest BCUT2D eigenvalue weighted by Crippen LogP contribution is 2.38. The van der Waals surface area contributed by atoms with Crippen molar-refractivity contribution >= 4 is 11.9 Å². The van der Waals surface area contributed by atoms with Crippen LogP contribution in [0.1, 0.15) is 32.6 Å². The normalized spacial score (nSPS) is 28.9. The molecule has 0 spiro atoms. The predicted molar refractivity (Wildman–Crippen MR) is 66.0 cm³/mol. The van der Waals surface area contributed by atoms with Crippen molar-refractivity contribution in [3.05, 3.63) is 0 Å². The quantitative estimate of drug-likeness (QED) is 0.627. The number of hydrogen-bond acceptors (Lipinski definition) is 4. The third kappa shape index (κ3) is 3.20. The molecule has 0 radical (unpaired) electrons. The molecule has 0 aromatic rings. The van der Waals surface area contributed by atoms with E-state index in [2.05, 4.69) is 5.32 Å². The number of methoxy groups -OCH3 is 1. The molecule has 6 nitrogen and oxygen atoms in total. The molecule has 18 heavy (non-hydrogen) atoms. The standard InChI is InChI=1S/C12H22N2O4/c1-12(11(16)17)6-3-4-9(12)14-10(15)8(13)5-7-18-2/h8-9H,3-7,13H2,1-2H3,(H,14,15)(H,16,17). The van der Waals surface area contributed by atoms with E-state index in [-0.39, 0.29) is 11.9 Å². The van der Waals surface area contributed by atoms with Crippen molar-refractivity contribution in [1.29, 1.82) is 0 Å². The summed E-state index contributed by atoms with van der Waals surface area (Å²) >= 11 is 0. The van der Waals surface area contributed by atoms with E-state index in [9.17, 15) is 14.7 Å². The number of hydrogen-bond donors (Lipinski definition) is 3. The van der Waals surface area contributed by atoms with E-state index in [4.69, 9.17) is 10.5 Å². The van der Waals surface area contributed by atoms with Gasteiger partial charge >= 0.3 is 5.97 Å². The number of carbonyl (C=O) groups is 2. The molecular formula is C12H22N2O4. The van der Waals surface area contributed by atoms with Gasteiger partial charge in [-0.25, -0.2) is 0 Å². The van der Waals surface area contributed by atoms with Gasteiger partial charge in [-0.1, -0.05) is 6.42 Å². The molecule has 0 saturated heterocycles. The molecule has 1 fully saturated rings. The molecule has 4 N–H and O–H groups in total. The van der Waals surface area contributed by atoms with Gasteiger partial charge in [0, 0.05) is 19.8 Å². The van der Waals surface area contributed by atoms with Crippen molar-refractivity contribution < 1.29 is 19.4 Å². The Bertz CT molecular complexity index is 321. The maximum atomic E-state index is 11.8. The van der Waals surface area contributed by atoms with Crippen LogP contribution < -0.4 is 11.1 Å². The zero-order valence-corrected chi connectivity index (χ0v) is 10.9. The first-order chi connectivity index (χ1) is 8.41. The molecule has 0 aromatic heterocycles. The van der Waals surface area contributed by atoms with Gasteiger partial charge in [0.15, 0.2) is 0 Å². The number of rotatable bonds is 6. The minimum atomic E-state index is -0.878. The molecule has 1 aliphatic carbocycles. The SMILES string of the molecule is COCCC(N)C(=O)NC1CCCC1(C)C(=O)O. The van der Waals surface area contributed by atoms with Crippen LogP contribution >= 0.6 is 0 Å². The average molecular weight is 258 g/mol. The number of amides is 1. The van der Waals surface area contributed by atoms with Crippen molar-refractivity contribution in [3.8, 4) is 0 Å². The van der Waals surface area contributed by atoms with Gasteiger partial charge in [0.25, 0.3) is 0 Å². The molecule has 6 heteroatoms. The van der Waals surface area contributed by atoms with Crippen LogP contribution in [0.5, 0.6) is 0 Å². The van der Waals surface area contributed by atoms with Crippen LogP contribution in [0.4, 0.5) is 0 Å². The molecule has 0 bridgehead atoms. The van der Waals surface area contributed by atoms with Gasteiger partial charge in [0.1, 0.15) is 0 Å². The van der Waals surface area contributed by atoms with Crippen LogP contribution in [0.25, 0.3) is 0 Å². The highest BCUT2D eigenvalue weighted by molar-refractivity contribution is 5.83. The third-order valence-corrected chi connectivity index (χ3v) is 3.73.